The monoisotopic (exact) mass is 416 g/mol. The van der Waals surface area contributed by atoms with Crippen LogP contribution in [0.5, 0.6) is 0 Å². The zero-order chi connectivity index (χ0) is 21.4. The van der Waals surface area contributed by atoms with Crippen LogP contribution in [0.1, 0.15) is 48.0 Å². The van der Waals surface area contributed by atoms with E-state index in [9.17, 15) is 9.90 Å². The highest BCUT2D eigenvalue weighted by Gasteiger charge is 2.46. The Morgan fingerprint density at radius 3 is 1.85 bits per heavy atom. The van der Waals surface area contributed by atoms with Gasteiger partial charge in [0.1, 0.15) is 6.10 Å². The Labute approximate surface area is 167 Å². The predicted octanol–water partition coefficient (Wildman–Crippen LogP) is 4.63. The van der Waals surface area contributed by atoms with Crippen LogP contribution in [0, 0.1) is 0 Å². The van der Waals surface area contributed by atoms with E-state index < -0.39 is 34.9 Å². The van der Waals surface area contributed by atoms with Crippen LogP contribution in [0.3, 0.4) is 0 Å². The highest BCUT2D eigenvalue weighted by molar-refractivity contribution is 6.74. The number of methoxy groups -OCH3 is 1. The number of esters is 1. The third-order valence-electron chi connectivity index (χ3n) is 6.44. The van der Waals surface area contributed by atoms with Gasteiger partial charge in [0.05, 0.1) is 19.3 Å². The quantitative estimate of drug-likeness (QED) is 0.523. The number of aliphatic hydroxyl groups is 1. The molecule has 0 aromatic heterocycles. The number of hydrogen-bond donors (Lipinski definition) is 1. The first-order valence-electron chi connectivity index (χ1n) is 9.75. The van der Waals surface area contributed by atoms with Crippen molar-refractivity contribution in [3.8, 4) is 0 Å². The van der Waals surface area contributed by atoms with Gasteiger partial charge in [-0.2, -0.15) is 0 Å². The van der Waals surface area contributed by atoms with E-state index in [2.05, 4.69) is 67.7 Å². The van der Waals surface area contributed by atoms with E-state index in [0.717, 1.165) is 0 Å². The summed E-state index contributed by atoms with van der Waals surface area (Å²) in [6.45, 7) is 21.5. The summed E-state index contributed by atoms with van der Waals surface area (Å²) < 4.78 is 17.9. The van der Waals surface area contributed by atoms with Crippen molar-refractivity contribution in [2.75, 3.05) is 7.11 Å². The van der Waals surface area contributed by atoms with Crippen molar-refractivity contribution in [3.05, 3.63) is 11.6 Å². The van der Waals surface area contributed by atoms with Crippen LogP contribution < -0.4 is 0 Å². The molecule has 0 heterocycles. The summed E-state index contributed by atoms with van der Waals surface area (Å²) in [5.74, 6) is -0.380. The fourth-order valence-corrected chi connectivity index (χ4v) is 5.06. The van der Waals surface area contributed by atoms with Gasteiger partial charge >= 0.3 is 5.97 Å². The summed E-state index contributed by atoms with van der Waals surface area (Å²) in [5.41, 5.74) is 0.523. The highest BCUT2D eigenvalue weighted by atomic mass is 28.4. The molecular weight excluding hydrogens is 376 g/mol. The Hall–Kier alpha value is -0.476. The van der Waals surface area contributed by atoms with E-state index in [4.69, 9.17) is 13.6 Å². The molecule has 1 aliphatic rings. The zero-order valence-electron chi connectivity index (χ0n) is 19.1. The molecule has 5 nitrogen and oxygen atoms in total. The second-order valence-electron chi connectivity index (χ2n) is 10.6. The maximum absolute atomic E-state index is 12.2. The minimum Gasteiger partial charge on any atom is -0.466 e. The molecule has 0 unspecified atom stereocenters. The van der Waals surface area contributed by atoms with Crippen LogP contribution in [0.2, 0.25) is 36.3 Å². The molecule has 0 radical (unpaired) electrons. The molecule has 0 aromatic rings. The lowest BCUT2D eigenvalue weighted by molar-refractivity contribution is -0.137. The van der Waals surface area contributed by atoms with E-state index in [-0.39, 0.29) is 16.0 Å². The molecule has 1 rings (SSSR count). The van der Waals surface area contributed by atoms with E-state index in [1.165, 1.54) is 7.11 Å². The summed E-state index contributed by atoms with van der Waals surface area (Å²) in [6, 6.07) is 0. The second-order valence-corrected chi connectivity index (χ2v) is 20.2. The third-order valence-corrected chi connectivity index (χ3v) is 15.4. The Morgan fingerprint density at radius 2 is 1.44 bits per heavy atom. The molecule has 0 amide bonds. The predicted molar refractivity (Wildman–Crippen MR) is 115 cm³/mol. The molecular formula is C20H40O5Si2. The standard InChI is InChI=1S/C20H40O5Si2/c1-19(2,3)26(8,9)24-15-12-14(18(22)23-7)13-16(17(15)21)25-27(10,11)20(4,5)6/h12,15-17,21H,13H2,1-11H3/t15-,16+,17-/m1/s1. The topological polar surface area (TPSA) is 65.0 Å². The number of aliphatic hydroxyl groups excluding tert-OH is 1. The van der Waals surface area contributed by atoms with Gasteiger partial charge in [0.25, 0.3) is 0 Å². The first kappa shape index (κ1) is 24.6. The van der Waals surface area contributed by atoms with Crippen LogP contribution in [0.15, 0.2) is 11.6 Å². The summed E-state index contributed by atoms with van der Waals surface area (Å²) in [7, 11) is -2.87. The Morgan fingerprint density at radius 1 is 1.00 bits per heavy atom. The maximum Gasteiger partial charge on any atom is 0.333 e. The summed E-state index contributed by atoms with van der Waals surface area (Å²) in [6.07, 6.45) is 0.241. The van der Waals surface area contributed by atoms with E-state index in [1.54, 1.807) is 6.08 Å². The molecule has 0 spiro atoms. The van der Waals surface area contributed by atoms with Crippen LogP contribution in [0.25, 0.3) is 0 Å². The molecule has 1 N–H and O–H groups in total. The van der Waals surface area contributed by atoms with E-state index in [1.807, 2.05) is 0 Å². The lowest BCUT2D eigenvalue weighted by Crippen LogP contribution is -2.54. The largest absolute Gasteiger partial charge is 0.466 e. The summed E-state index contributed by atoms with van der Waals surface area (Å²) >= 11 is 0. The fourth-order valence-electron chi connectivity index (χ4n) is 2.48. The van der Waals surface area contributed by atoms with Crippen molar-refractivity contribution in [3.63, 3.8) is 0 Å². The lowest BCUT2D eigenvalue weighted by Gasteiger charge is -2.45. The highest BCUT2D eigenvalue weighted by Crippen LogP contribution is 2.42. The van der Waals surface area contributed by atoms with Crippen molar-refractivity contribution in [1.29, 1.82) is 0 Å². The van der Waals surface area contributed by atoms with Crippen molar-refractivity contribution >= 4 is 22.6 Å². The minimum absolute atomic E-state index is 0.000774. The lowest BCUT2D eigenvalue weighted by atomic mass is 9.92. The van der Waals surface area contributed by atoms with Crippen molar-refractivity contribution in [2.45, 2.75) is 103 Å². The Kier molecular flexibility index (Phi) is 7.37. The first-order valence-corrected chi connectivity index (χ1v) is 15.6. The van der Waals surface area contributed by atoms with Crippen LogP contribution in [-0.4, -0.2) is 53.1 Å². The SMILES string of the molecule is COC(=O)C1=C[C@@H](O[Si](C)(C)C(C)(C)C)[C@@H](O)[C@@H](O[Si](C)(C)C(C)(C)C)C1. The average molecular weight is 417 g/mol. The number of rotatable bonds is 5. The third kappa shape index (κ3) is 5.76. The first-order chi connectivity index (χ1) is 11.9. The summed E-state index contributed by atoms with van der Waals surface area (Å²) in [5, 5.41) is 11.1. The van der Waals surface area contributed by atoms with Crippen molar-refractivity contribution < 1.29 is 23.5 Å². The molecule has 0 saturated heterocycles. The molecule has 158 valence electrons. The van der Waals surface area contributed by atoms with Gasteiger partial charge < -0.3 is 18.7 Å². The molecule has 27 heavy (non-hydrogen) atoms. The van der Waals surface area contributed by atoms with Gasteiger partial charge in [-0.15, -0.1) is 0 Å². The van der Waals surface area contributed by atoms with Gasteiger partial charge in [-0.05, 0) is 42.3 Å². The Balaban J connectivity index is 3.21. The zero-order valence-corrected chi connectivity index (χ0v) is 21.1. The number of carbonyl (C=O) groups is 1. The minimum atomic E-state index is -2.13. The molecule has 0 aromatic carbocycles. The van der Waals surface area contributed by atoms with Crippen molar-refractivity contribution in [2.24, 2.45) is 0 Å². The number of hydrogen-bond acceptors (Lipinski definition) is 5. The molecule has 1 aliphatic carbocycles. The van der Waals surface area contributed by atoms with E-state index >= 15 is 0 Å². The van der Waals surface area contributed by atoms with E-state index in [0.29, 0.717) is 12.0 Å². The van der Waals surface area contributed by atoms with Gasteiger partial charge in [0, 0.05) is 12.0 Å². The second kappa shape index (κ2) is 8.10. The van der Waals surface area contributed by atoms with Crippen LogP contribution in [-0.2, 0) is 18.4 Å². The van der Waals surface area contributed by atoms with Gasteiger partial charge in [0.2, 0.25) is 0 Å². The Bertz CT molecular complexity index is 570. The molecule has 0 saturated carbocycles. The maximum atomic E-state index is 12.2. The molecule has 3 atom stereocenters. The summed E-state index contributed by atoms with van der Waals surface area (Å²) in [4.78, 5) is 12.2. The van der Waals surface area contributed by atoms with Gasteiger partial charge in [-0.25, -0.2) is 4.79 Å². The van der Waals surface area contributed by atoms with Gasteiger partial charge in [-0.3, -0.25) is 0 Å². The number of carbonyl (C=O) groups excluding carboxylic acids is 1. The van der Waals surface area contributed by atoms with Crippen LogP contribution in [0.4, 0.5) is 0 Å². The average Bonchev–Trinajstić information content (AvgIpc) is 2.47. The molecule has 0 aliphatic heterocycles. The smallest absolute Gasteiger partial charge is 0.333 e. The molecule has 0 bridgehead atoms. The van der Waals surface area contributed by atoms with Gasteiger partial charge in [0.15, 0.2) is 16.6 Å². The van der Waals surface area contributed by atoms with Gasteiger partial charge in [-0.1, -0.05) is 41.5 Å². The molecule has 0 fully saturated rings. The fraction of sp³-hybridized carbons (Fsp3) is 0.850. The molecule has 7 heteroatoms. The van der Waals surface area contributed by atoms with Crippen molar-refractivity contribution in [1.82, 2.24) is 0 Å². The van der Waals surface area contributed by atoms with Crippen LogP contribution >= 0.6 is 0 Å². The normalized spacial score (nSPS) is 25.2. The number of ether oxygens (including phenoxy) is 1.